The molecule has 0 aromatic heterocycles. The molecule has 0 aromatic carbocycles. The molecule has 3 unspecified atom stereocenters. The summed E-state index contributed by atoms with van der Waals surface area (Å²) in [5, 5.41) is 8.86. The minimum atomic E-state index is -4.71. The number of nitrogens with two attached hydrogens (primary N) is 1. The fourth-order valence-corrected chi connectivity index (χ4v) is 5.86. The molecule has 11 nitrogen and oxygen atoms in total. The SMILES string of the molecule is CC/C=C\C/C=C\C/C=C\CCCCCCCC(=O)OC(COC(=O)CCCCCCCCCCCCCC)COP(=O)(O)OCC(N)C(=O)O. The van der Waals surface area contributed by atoms with Gasteiger partial charge in [-0.15, -0.1) is 0 Å². The van der Waals surface area contributed by atoms with Gasteiger partial charge in [0, 0.05) is 12.8 Å². The van der Waals surface area contributed by atoms with Crippen LogP contribution in [-0.2, 0) is 37.5 Å². The molecule has 0 heterocycles. The number of hydrogen-bond acceptors (Lipinski definition) is 9. The van der Waals surface area contributed by atoms with Crippen LogP contribution in [0.15, 0.2) is 36.5 Å². The number of carbonyl (C=O) groups excluding carboxylic acids is 2. The lowest BCUT2D eigenvalue weighted by atomic mass is 10.0. The number of allylic oxidation sites excluding steroid dienone is 6. The first kappa shape index (κ1) is 48.7. The molecule has 0 amide bonds. The van der Waals surface area contributed by atoms with Gasteiger partial charge in [0.2, 0.25) is 0 Å². The summed E-state index contributed by atoms with van der Waals surface area (Å²) in [7, 11) is -4.71. The minimum absolute atomic E-state index is 0.143. The molecule has 3 atom stereocenters. The van der Waals surface area contributed by atoms with Crippen molar-refractivity contribution in [3.63, 3.8) is 0 Å². The number of hydrogen-bond donors (Lipinski definition) is 3. The summed E-state index contributed by atoms with van der Waals surface area (Å²) in [6.07, 6.45) is 35.0. The molecule has 0 saturated carbocycles. The van der Waals surface area contributed by atoms with Crippen molar-refractivity contribution in [2.45, 2.75) is 174 Å². The molecule has 0 radical (unpaired) electrons. The lowest BCUT2D eigenvalue weighted by Crippen LogP contribution is -2.34. The lowest BCUT2D eigenvalue weighted by molar-refractivity contribution is -0.161. The third kappa shape index (κ3) is 34.5. The van der Waals surface area contributed by atoms with Crippen LogP contribution in [0, 0.1) is 0 Å². The number of phosphoric ester groups is 1. The minimum Gasteiger partial charge on any atom is -0.480 e. The van der Waals surface area contributed by atoms with E-state index in [4.69, 9.17) is 24.8 Å². The van der Waals surface area contributed by atoms with Gasteiger partial charge in [-0.05, 0) is 44.9 Å². The third-order valence-corrected chi connectivity index (χ3v) is 9.10. The summed E-state index contributed by atoms with van der Waals surface area (Å²) >= 11 is 0. The normalized spacial score (nSPS) is 14.3. The van der Waals surface area contributed by atoms with E-state index in [-0.39, 0.29) is 19.4 Å². The molecule has 0 aromatic rings. The third-order valence-electron chi connectivity index (χ3n) is 8.15. The molecular formula is C39H70NO10P. The van der Waals surface area contributed by atoms with Crippen LogP contribution in [0.4, 0.5) is 0 Å². The van der Waals surface area contributed by atoms with Gasteiger partial charge in [0.05, 0.1) is 13.2 Å². The zero-order valence-corrected chi connectivity index (χ0v) is 32.6. The Bertz CT molecular complexity index is 1020. The summed E-state index contributed by atoms with van der Waals surface area (Å²) < 4.78 is 32.6. The highest BCUT2D eigenvalue weighted by Gasteiger charge is 2.28. The molecular weight excluding hydrogens is 673 g/mol. The van der Waals surface area contributed by atoms with Crippen molar-refractivity contribution >= 4 is 25.7 Å². The zero-order valence-electron chi connectivity index (χ0n) is 31.7. The fraction of sp³-hybridized carbons (Fsp3) is 0.769. The second-order valence-corrected chi connectivity index (χ2v) is 14.5. The number of esters is 2. The molecule has 0 bridgehead atoms. The first-order valence-corrected chi connectivity index (χ1v) is 21.0. The topological polar surface area (TPSA) is 172 Å². The Hall–Kier alpha value is -2.30. The number of rotatable bonds is 36. The number of carbonyl (C=O) groups is 3. The summed E-state index contributed by atoms with van der Waals surface area (Å²) in [4.78, 5) is 45.8. The number of unbranched alkanes of at least 4 members (excludes halogenated alkanes) is 16. The number of aliphatic carboxylic acids is 1. The van der Waals surface area contributed by atoms with Crippen LogP contribution in [0.5, 0.6) is 0 Å². The Balaban J connectivity index is 4.46. The van der Waals surface area contributed by atoms with E-state index in [1.807, 2.05) is 0 Å². The van der Waals surface area contributed by atoms with Crippen LogP contribution < -0.4 is 5.73 Å². The number of carboxylic acids is 1. The van der Waals surface area contributed by atoms with E-state index in [9.17, 15) is 23.8 Å². The van der Waals surface area contributed by atoms with E-state index >= 15 is 0 Å². The van der Waals surface area contributed by atoms with Crippen molar-refractivity contribution in [1.29, 1.82) is 0 Å². The highest BCUT2D eigenvalue weighted by atomic mass is 31.2. The number of phosphoric acid groups is 1. The summed E-state index contributed by atoms with van der Waals surface area (Å²) in [6, 6.07) is -1.52. The van der Waals surface area contributed by atoms with Gasteiger partial charge in [0.15, 0.2) is 6.10 Å². The standard InChI is InChI=1S/C39H70NO10P/c1-3-5-7-9-11-13-15-17-18-19-21-23-25-27-29-31-38(42)50-35(33-48-51(45,46)49-34-36(40)39(43)44)32-47-37(41)30-28-26-24-22-20-16-14-12-10-8-6-4-2/h5,7,11,13,17-18,35-36H,3-4,6,8-10,12,14-16,19-34,40H2,1-2H3,(H,43,44)(H,45,46)/b7-5-,13-11-,18-17-. The first-order valence-electron chi connectivity index (χ1n) is 19.5. The molecule has 0 fully saturated rings. The van der Waals surface area contributed by atoms with E-state index in [1.54, 1.807) is 0 Å². The second kappa shape index (κ2) is 34.8. The molecule has 0 aliphatic rings. The maximum atomic E-state index is 12.6. The van der Waals surface area contributed by atoms with Crippen molar-refractivity contribution in [3.05, 3.63) is 36.5 Å². The molecule has 296 valence electrons. The summed E-state index contributed by atoms with van der Waals surface area (Å²) in [5.74, 6) is -2.40. The van der Waals surface area contributed by atoms with Gasteiger partial charge in [0.1, 0.15) is 12.6 Å². The zero-order chi connectivity index (χ0) is 37.8. The summed E-state index contributed by atoms with van der Waals surface area (Å²) in [5.41, 5.74) is 5.31. The van der Waals surface area contributed by atoms with Crippen LogP contribution in [-0.4, -0.2) is 59.9 Å². The maximum Gasteiger partial charge on any atom is 0.472 e. The Labute approximate surface area is 308 Å². The summed E-state index contributed by atoms with van der Waals surface area (Å²) in [6.45, 7) is 2.65. The Kier molecular flexibility index (Phi) is 33.2. The first-order chi connectivity index (χ1) is 24.6. The van der Waals surface area contributed by atoms with E-state index < -0.39 is 51.1 Å². The Morgan fingerprint density at radius 1 is 0.627 bits per heavy atom. The smallest absolute Gasteiger partial charge is 0.472 e. The van der Waals surface area contributed by atoms with Crippen LogP contribution in [0.25, 0.3) is 0 Å². The molecule has 0 saturated heterocycles. The van der Waals surface area contributed by atoms with Gasteiger partial charge in [-0.1, -0.05) is 140 Å². The van der Waals surface area contributed by atoms with Gasteiger partial charge >= 0.3 is 25.7 Å². The molecule has 0 rings (SSSR count). The average molecular weight is 744 g/mol. The van der Waals surface area contributed by atoms with Crippen molar-refractivity contribution in [2.24, 2.45) is 5.73 Å². The van der Waals surface area contributed by atoms with Crippen LogP contribution in [0.3, 0.4) is 0 Å². The molecule has 0 spiro atoms. The van der Waals surface area contributed by atoms with E-state index in [2.05, 4.69) is 54.8 Å². The van der Waals surface area contributed by atoms with Gasteiger partial charge in [0.25, 0.3) is 0 Å². The van der Waals surface area contributed by atoms with Gasteiger partial charge in [-0.25, -0.2) is 4.57 Å². The predicted octanol–water partition coefficient (Wildman–Crippen LogP) is 9.67. The molecule has 0 aliphatic heterocycles. The van der Waals surface area contributed by atoms with Crippen LogP contribution >= 0.6 is 7.82 Å². The number of carboxylic acid groups (broad SMARTS) is 1. The van der Waals surface area contributed by atoms with Crippen LogP contribution in [0.1, 0.15) is 162 Å². The number of ether oxygens (including phenoxy) is 2. The average Bonchev–Trinajstić information content (AvgIpc) is 3.10. The highest BCUT2D eigenvalue weighted by molar-refractivity contribution is 7.47. The molecule has 4 N–H and O–H groups in total. The lowest BCUT2D eigenvalue weighted by Gasteiger charge is -2.20. The van der Waals surface area contributed by atoms with Crippen molar-refractivity contribution in [3.8, 4) is 0 Å². The van der Waals surface area contributed by atoms with Crippen molar-refractivity contribution in [2.75, 3.05) is 19.8 Å². The fourth-order valence-electron chi connectivity index (χ4n) is 5.08. The molecule has 12 heteroatoms. The molecule has 51 heavy (non-hydrogen) atoms. The largest absolute Gasteiger partial charge is 0.480 e. The monoisotopic (exact) mass is 743 g/mol. The Morgan fingerprint density at radius 2 is 1.10 bits per heavy atom. The van der Waals surface area contributed by atoms with E-state index in [0.717, 1.165) is 70.6 Å². The maximum absolute atomic E-state index is 12.6. The van der Waals surface area contributed by atoms with E-state index in [0.29, 0.717) is 12.8 Å². The van der Waals surface area contributed by atoms with Crippen molar-refractivity contribution in [1.82, 2.24) is 0 Å². The van der Waals surface area contributed by atoms with Crippen LogP contribution in [0.2, 0.25) is 0 Å². The van der Waals surface area contributed by atoms with Gasteiger partial charge in [-0.3, -0.25) is 23.4 Å². The Morgan fingerprint density at radius 3 is 1.65 bits per heavy atom. The predicted molar refractivity (Wildman–Crippen MR) is 203 cm³/mol. The van der Waals surface area contributed by atoms with Gasteiger partial charge in [-0.2, -0.15) is 0 Å². The van der Waals surface area contributed by atoms with Crippen molar-refractivity contribution < 1.29 is 47.5 Å². The highest BCUT2D eigenvalue weighted by Crippen LogP contribution is 2.43. The van der Waals surface area contributed by atoms with Gasteiger partial charge < -0.3 is 25.2 Å². The molecule has 0 aliphatic carbocycles. The second-order valence-electron chi connectivity index (χ2n) is 13.0. The quantitative estimate of drug-likeness (QED) is 0.0241. The van der Waals surface area contributed by atoms with E-state index in [1.165, 1.54) is 51.4 Å².